The van der Waals surface area contributed by atoms with E-state index >= 15 is 0 Å². The summed E-state index contributed by atoms with van der Waals surface area (Å²) in [4.78, 5) is 30.6. The molecular formula is C20H33N3O3. The number of carbonyl (C=O) groups excluding carboxylic acids is 2. The van der Waals surface area contributed by atoms with Crippen molar-refractivity contribution in [3.63, 3.8) is 0 Å². The van der Waals surface area contributed by atoms with Gasteiger partial charge in [0.25, 0.3) is 0 Å². The second kappa shape index (κ2) is 7.02. The predicted molar refractivity (Wildman–Crippen MR) is 98.7 cm³/mol. The number of fused-ring (bicyclic) bond motifs is 3. The van der Waals surface area contributed by atoms with E-state index in [9.17, 15) is 9.59 Å². The lowest BCUT2D eigenvalue weighted by Gasteiger charge is -2.42. The molecule has 3 aliphatic heterocycles. The van der Waals surface area contributed by atoms with Gasteiger partial charge in [-0.3, -0.25) is 9.69 Å². The maximum Gasteiger partial charge on any atom is 0.410 e. The Morgan fingerprint density at radius 3 is 2.15 bits per heavy atom. The van der Waals surface area contributed by atoms with E-state index in [2.05, 4.69) is 11.8 Å². The molecule has 4 fully saturated rings. The van der Waals surface area contributed by atoms with Crippen molar-refractivity contribution >= 4 is 12.0 Å². The van der Waals surface area contributed by atoms with Gasteiger partial charge >= 0.3 is 6.09 Å². The van der Waals surface area contributed by atoms with Crippen LogP contribution < -0.4 is 0 Å². The Bertz CT molecular complexity index is 543. The molecule has 4 aliphatic rings. The quantitative estimate of drug-likeness (QED) is 0.751. The molecule has 0 aromatic carbocycles. The molecule has 0 spiro atoms. The molecule has 1 aliphatic carbocycles. The molecule has 3 saturated heterocycles. The third kappa shape index (κ3) is 3.10. The van der Waals surface area contributed by atoms with Crippen molar-refractivity contribution in [3.05, 3.63) is 0 Å². The van der Waals surface area contributed by atoms with Gasteiger partial charge < -0.3 is 14.5 Å². The Kier molecular flexibility index (Phi) is 4.88. The average molecular weight is 364 g/mol. The Hall–Kier alpha value is -1.30. The molecule has 1 saturated carbocycles. The number of rotatable bonds is 5. The van der Waals surface area contributed by atoms with E-state index in [1.165, 1.54) is 13.1 Å². The van der Waals surface area contributed by atoms with E-state index in [0.29, 0.717) is 30.7 Å². The lowest BCUT2D eigenvalue weighted by atomic mass is 9.96. The summed E-state index contributed by atoms with van der Waals surface area (Å²) in [6, 6.07) is 1.37. The Morgan fingerprint density at radius 2 is 1.65 bits per heavy atom. The van der Waals surface area contributed by atoms with Gasteiger partial charge in [-0.25, -0.2) is 4.79 Å². The van der Waals surface area contributed by atoms with Gasteiger partial charge in [0.2, 0.25) is 5.91 Å². The first kappa shape index (κ1) is 18.1. The van der Waals surface area contributed by atoms with E-state index in [1.807, 2.05) is 16.7 Å². The van der Waals surface area contributed by atoms with Crippen LogP contribution in [0.1, 0.15) is 46.5 Å². The second-order valence-corrected chi connectivity index (χ2v) is 8.62. The summed E-state index contributed by atoms with van der Waals surface area (Å²) in [5, 5.41) is 0. The molecule has 2 unspecified atom stereocenters. The van der Waals surface area contributed by atoms with Crippen LogP contribution in [0, 0.1) is 17.8 Å². The fourth-order valence-corrected chi connectivity index (χ4v) is 5.93. The molecule has 146 valence electrons. The SMILES string of the molecule is CCOC(=O)N1C2CCC1CC(N1C[C@@H]3[C@@H](CN(CC)C(C)=O)[C@@H]3C1)C2. The maximum atomic E-state index is 12.2. The number of hydrogen-bond donors (Lipinski definition) is 0. The molecule has 26 heavy (non-hydrogen) atoms. The zero-order chi connectivity index (χ0) is 18.4. The first-order chi connectivity index (χ1) is 12.5. The third-order valence-corrected chi connectivity index (χ3v) is 7.36. The summed E-state index contributed by atoms with van der Waals surface area (Å²) in [6.07, 6.45) is 4.37. The monoisotopic (exact) mass is 363 g/mol. The summed E-state index contributed by atoms with van der Waals surface area (Å²) in [6.45, 7) is 10.2. The molecule has 0 N–H and O–H groups in total. The first-order valence-corrected chi connectivity index (χ1v) is 10.5. The highest BCUT2D eigenvalue weighted by Crippen LogP contribution is 2.53. The van der Waals surface area contributed by atoms with Crippen LogP contribution in [-0.4, -0.2) is 77.6 Å². The molecular weight excluding hydrogens is 330 g/mol. The number of piperidine rings is 2. The van der Waals surface area contributed by atoms with Crippen molar-refractivity contribution in [2.75, 3.05) is 32.8 Å². The van der Waals surface area contributed by atoms with Gasteiger partial charge in [0.1, 0.15) is 0 Å². The highest BCUT2D eigenvalue weighted by atomic mass is 16.6. The predicted octanol–water partition coefficient (Wildman–Crippen LogP) is 2.18. The van der Waals surface area contributed by atoms with Crippen LogP contribution in [0.15, 0.2) is 0 Å². The smallest absolute Gasteiger partial charge is 0.410 e. The molecule has 6 nitrogen and oxygen atoms in total. The lowest BCUT2D eigenvalue weighted by Crippen LogP contribution is -2.52. The molecule has 4 rings (SSSR count). The number of hydrogen-bond acceptors (Lipinski definition) is 4. The molecule has 0 aromatic heterocycles. The number of amides is 2. The molecule has 2 amide bonds. The van der Waals surface area contributed by atoms with Gasteiger partial charge in [0, 0.05) is 51.2 Å². The lowest BCUT2D eigenvalue weighted by molar-refractivity contribution is -0.129. The van der Waals surface area contributed by atoms with Crippen molar-refractivity contribution in [2.45, 2.75) is 64.6 Å². The molecule has 2 bridgehead atoms. The van der Waals surface area contributed by atoms with Gasteiger partial charge in [-0.2, -0.15) is 0 Å². The van der Waals surface area contributed by atoms with E-state index in [-0.39, 0.29) is 12.0 Å². The van der Waals surface area contributed by atoms with Gasteiger partial charge in [0.05, 0.1) is 6.61 Å². The Morgan fingerprint density at radius 1 is 1.04 bits per heavy atom. The van der Waals surface area contributed by atoms with Crippen LogP contribution in [0.25, 0.3) is 0 Å². The fourth-order valence-electron chi connectivity index (χ4n) is 5.93. The Labute approximate surface area is 156 Å². The standard InChI is InChI=1S/C20H33N3O3/c1-4-21(13(3)24)10-17-18-11-22(12-19(17)18)16-8-14-6-7-15(9-16)23(14)20(25)26-5-2/h14-19H,4-12H2,1-3H3/t14?,15?,16?,17-,18-,19+. The van der Waals surface area contributed by atoms with Gasteiger partial charge in [-0.1, -0.05) is 0 Å². The summed E-state index contributed by atoms with van der Waals surface area (Å²) in [5.74, 6) is 2.48. The summed E-state index contributed by atoms with van der Waals surface area (Å²) < 4.78 is 5.27. The third-order valence-electron chi connectivity index (χ3n) is 7.36. The Balaban J connectivity index is 1.29. The molecule has 6 heteroatoms. The van der Waals surface area contributed by atoms with Crippen LogP contribution in [0.5, 0.6) is 0 Å². The zero-order valence-corrected chi connectivity index (χ0v) is 16.4. The average Bonchev–Trinajstić information content (AvgIpc) is 2.93. The highest BCUT2D eigenvalue weighted by molar-refractivity contribution is 5.73. The van der Waals surface area contributed by atoms with E-state index in [0.717, 1.165) is 50.6 Å². The van der Waals surface area contributed by atoms with E-state index in [4.69, 9.17) is 4.74 Å². The zero-order valence-electron chi connectivity index (χ0n) is 16.4. The van der Waals surface area contributed by atoms with Crippen molar-refractivity contribution in [1.82, 2.24) is 14.7 Å². The summed E-state index contributed by atoms with van der Waals surface area (Å²) >= 11 is 0. The minimum atomic E-state index is -0.105. The van der Waals surface area contributed by atoms with Crippen LogP contribution in [0.2, 0.25) is 0 Å². The number of likely N-dealkylation sites (tertiary alicyclic amines) is 1. The van der Waals surface area contributed by atoms with Crippen LogP contribution in [-0.2, 0) is 9.53 Å². The van der Waals surface area contributed by atoms with E-state index < -0.39 is 0 Å². The first-order valence-electron chi connectivity index (χ1n) is 10.5. The minimum Gasteiger partial charge on any atom is -0.450 e. The van der Waals surface area contributed by atoms with Crippen LogP contribution in [0.4, 0.5) is 4.79 Å². The van der Waals surface area contributed by atoms with E-state index in [1.54, 1.807) is 6.92 Å². The van der Waals surface area contributed by atoms with Gasteiger partial charge in [-0.05, 0) is 57.3 Å². The van der Waals surface area contributed by atoms with Crippen molar-refractivity contribution in [1.29, 1.82) is 0 Å². The van der Waals surface area contributed by atoms with Crippen molar-refractivity contribution in [3.8, 4) is 0 Å². The van der Waals surface area contributed by atoms with Crippen molar-refractivity contribution < 1.29 is 14.3 Å². The number of nitrogens with zero attached hydrogens (tertiary/aromatic N) is 3. The number of ether oxygens (including phenoxy) is 1. The molecule has 0 radical (unpaired) electrons. The molecule has 5 atom stereocenters. The van der Waals surface area contributed by atoms with Gasteiger partial charge in [-0.15, -0.1) is 0 Å². The van der Waals surface area contributed by atoms with Crippen LogP contribution >= 0.6 is 0 Å². The van der Waals surface area contributed by atoms with Crippen LogP contribution in [0.3, 0.4) is 0 Å². The summed E-state index contributed by atoms with van der Waals surface area (Å²) in [5.41, 5.74) is 0. The molecule has 0 aromatic rings. The topological polar surface area (TPSA) is 53.1 Å². The maximum absolute atomic E-state index is 12.2. The second-order valence-electron chi connectivity index (χ2n) is 8.62. The normalized spacial score (nSPS) is 38.2. The molecule has 3 heterocycles. The highest BCUT2D eigenvalue weighted by Gasteiger charge is 2.58. The minimum absolute atomic E-state index is 0.105. The number of carbonyl (C=O) groups is 2. The van der Waals surface area contributed by atoms with Gasteiger partial charge in [0.15, 0.2) is 0 Å². The largest absolute Gasteiger partial charge is 0.450 e. The fraction of sp³-hybridized carbons (Fsp3) is 0.900. The van der Waals surface area contributed by atoms with Crippen molar-refractivity contribution in [2.24, 2.45) is 17.8 Å². The summed E-state index contributed by atoms with van der Waals surface area (Å²) in [7, 11) is 0.